The fraction of sp³-hybridized carbons (Fsp3) is 0.0952. The quantitative estimate of drug-likeness (QED) is 0.534. The van der Waals surface area contributed by atoms with E-state index in [0.717, 1.165) is 22.3 Å². The van der Waals surface area contributed by atoms with E-state index in [4.69, 9.17) is 0 Å². The van der Waals surface area contributed by atoms with Crippen LogP contribution in [0, 0.1) is 0 Å². The fourth-order valence-electron chi connectivity index (χ4n) is 3.66. The highest BCUT2D eigenvalue weighted by atomic mass is 16.2. The summed E-state index contributed by atoms with van der Waals surface area (Å²) in [7, 11) is 0. The Morgan fingerprint density at radius 1 is 0.731 bits per heavy atom. The van der Waals surface area contributed by atoms with Crippen LogP contribution >= 0.6 is 0 Å². The van der Waals surface area contributed by atoms with Gasteiger partial charge >= 0.3 is 0 Å². The maximum atomic E-state index is 13.1. The maximum Gasteiger partial charge on any atom is 0.255 e. The molecule has 1 aliphatic rings. The van der Waals surface area contributed by atoms with E-state index in [1.807, 2.05) is 77.7 Å². The number of para-hydroxylation sites is 2. The smallest absolute Gasteiger partial charge is 0.255 e. The first-order chi connectivity index (χ1) is 12.8. The van der Waals surface area contributed by atoms with Crippen molar-refractivity contribution in [1.82, 2.24) is 15.0 Å². The molecule has 0 unspecified atom stereocenters. The van der Waals surface area contributed by atoms with Crippen molar-refractivity contribution in [3.8, 4) is 0 Å². The zero-order valence-electron chi connectivity index (χ0n) is 13.9. The predicted molar refractivity (Wildman–Crippen MR) is 99.7 cm³/mol. The van der Waals surface area contributed by atoms with E-state index >= 15 is 0 Å². The molecule has 1 aliphatic heterocycles. The number of β-lactam (4-membered cyclic amide) rings is 1. The fourth-order valence-corrected chi connectivity index (χ4v) is 3.66. The van der Waals surface area contributed by atoms with Gasteiger partial charge in [-0.15, -0.1) is 5.10 Å². The molecular weight excluding hydrogens is 324 g/mol. The van der Waals surface area contributed by atoms with Crippen LogP contribution < -0.4 is 4.90 Å². The average Bonchev–Trinajstić information content (AvgIpc) is 3.11. The lowest BCUT2D eigenvalue weighted by molar-refractivity contribution is -0.129. The van der Waals surface area contributed by atoms with E-state index in [1.165, 1.54) is 0 Å². The Balaban J connectivity index is 1.64. The molecule has 3 aromatic carbocycles. The Labute approximate surface area is 150 Å². The predicted octanol–water partition coefficient (Wildman–Crippen LogP) is 3.76. The normalized spacial score (nSPS) is 19.5. The Kier molecular flexibility index (Phi) is 3.31. The number of anilines is 1. The zero-order chi connectivity index (χ0) is 17.5. The van der Waals surface area contributed by atoms with E-state index in [1.54, 1.807) is 4.68 Å². The van der Waals surface area contributed by atoms with Crippen LogP contribution in [0.5, 0.6) is 0 Å². The van der Waals surface area contributed by atoms with Crippen LogP contribution in [-0.4, -0.2) is 20.9 Å². The number of aromatic nitrogens is 3. The number of amides is 1. The first kappa shape index (κ1) is 14.8. The molecule has 5 nitrogen and oxygen atoms in total. The lowest BCUT2D eigenvalue weighted by Gasteiger charge is -2.47. The van der Waals surface area contributed by atoms with Gasteiger partial charge in [-0.1, -0.05) is 65.9 Å². The molecule has 1 amide bonds. The molecule has 5 heteroatoms. The molecule has 0 radical (unpaired) electrons. The number of benzene rings is 3. The van der Waals surface area contributed by atoms with Crippen molar-refractivity contribution in [2.75, 3.05) is 4.90 Å². The monoisotopic (exact) mass is 340 g/mol. The van der Waals surface area contributed by atoms with Crippen LogP contribution in [0.3, 0.4) is 0 Å². The van der Waals surface area contributed by atoms with Crippen molar-refractivity contribution < 1.29 is 4.79 Å². The summed E-state index contributed by atoms with van der Waals surface area (Å²) in [6.45, 7) is 0. The van der Waals surface area contributed by atoms with Gasteiger partial charge < -0.3 is 4.90 Å². The van der Waals surface area contributed by atoms with Crippen molar-refractivity contribution in [3.05, 3.63) is 90.5 Å². The SMILES string of the molecule is O=C1[C@H](n2nnc3ccccc32)[C@@H](c2ccccc2)N1c1ccccc1. The van der Waals surface area contributed by atoms with Crippen LogP contribution in [0.25, 0.3) is 11.0 Å². The third-order valence-electron chi connectivity index (χ3n) is 4.88. The Bertz CT molecular complexity index is 1070. The van der Waals surface area contributed by atoms with Crippen LogP contribution in [0.1, 0.15) is 17.6 Å². The highest BCUT2D eigenvalue weighted by molar-refractivity contribution is 6.05. The van der Waals surface area contributed by atoms with Gasteiger partial charge in [0.25, 0.3) is 5.91 Å². The molecule has 4 aromatic rings. The largest absolute Gasteiger partial charge is 0.300 e. The highest BCUT2D eigenvalue weighted by Gasteiger charge is 2.51. The molecular formula is C21H16N4O. The van der Waals surface area contributed by atoms with Crippen LogP contribution in [0.4, 0.5) is 5.69 Å². The number of fused-ring (bicyclic) bond motifs is 1. The summed E-state index contributed by atoms with van der Waals surface area (Å²) in [5.74, 6) is 0.0284. The van der Waals surface area contributed by atoms with Crippen LogP contribution in [-0.2, 0) is 4.79 Å². The van der Waals surface area contributed by atoms with Gasteiger partial charge in [0.2, 0.25) is 0 Å². The molecule has 2 heterocycles. The molecule has 1 saturated heterocycles. The van der Waals surface area contributed by atoms with E-state index in [2.05, 4.69) is 22.4 Å². The molecule has 0 bridgehead atoms. The Morgan fingerprint density at radius 3 is 2.15 bits per heavy atom. The minimum Gasteiger partial charge on any atom is -0.300 e. The molecule has 0 saturated carbocycles. The number of hydrogen-bond acceptors (Lipinski definition) is 3. The molecule has 0 N–H and O–H groups in total. The second-order valence-electron chi connectivity index (χ2n) is 6.37. The number of rotatable bonds is 3. The number of nitrogens with zero attached hydrogens (tertiary/aromatic N) is 4. The summed E-state index contributed by atoms with van der Waals surface area (Å²) in [6.07, 6.45) is 0. The van der Waals surface area contributed by atoms with Crippen molar-refractivity contribution in [2.45, 2.75) is 12.1 Å². The lowest BCUT2D eigenvalue weighted by atomic mass is 9.87. The molecule has 0 aliphatic carbocycles. The van der Waals surface area contributed by atoms with Gasteiger partial charge in [0.15, 0.2) is 6.04 Å². The summed E-state index contributed by atoms with van der Waals surface area (Å²) in [5, 5.41) is 8.51. The first-order valence-electron chi connectivity index (χ1n) is 8.57. The molecule has 5 rings (SSSR count). The Hall–Kier alpha value is -3.47. The van der Waals surface area contributed by atoms with Gasteiger partial charge in [-0.2, -0.15) is 0 Å². The van der Waals surface area contributed by atoms with Gasteiger partial charge in [0.1, 0.15) is 5.52 Å². The maximum absolute atomic E-state index is 13.1. The molecule has 1 aromatic heterocycles. The second-order valence-corrected chi connectivity index (χ2v) is 6.37. The first-order valence-corrected chi connectivity index (χ1v) is 8.57. The lowest BCUT2D eigenvalue weighted by Crippen LogP contribution is -2.56. The standard InChI is InChI=1S/C21H16N4O/c26-21-20(25-18-14-8-7-13-17(18)22-23-25)19(15-9-3-1-4-10-15)24(21)16-11-5-2-6-12-16/h1-14,19-20H/t19-,20-/m1/s1. The van der Waals surface area contributed by atoms with Gasteiger partial charge in [-0.05, 0) is 29.8 Å². The number of hydrogen-bond donors (Lipinski definition) is 0. The minimum absolute atomic E-state index is 0.0284. The van der Waals surface area contributed by atoms with E-state index in [9.17, 15) is 4.79 Å². The molecule has 0 spiro atoms. The highest BCUT2D eigenvalue weighted by Crippen LogP contribution is 2.46. The van der Waals surface area contributed by atoms with Crippen molar-refractivity contribution in [2.24, 2.45) is 0 Å². The molecule has 126 valence electrons. The average molecular weight is 340 g/mol. The summed E-state index contributed by atoms with van der Waals surface area (Å²) >= 11 is 0. The van der Waals surface area contributed by atoms with Crippen molar-refractivity contribution >= 4 is 22.6 Å². The summed E-state index contributed by atoms with van der Waals surface area (Å²) < 4.78 is 1.76. The van der Waals surface area contributed by atoms with Gasteiger partial charge in [-0.25, -0.2) is 4.68 Å². The summed E-state index contributed by atoms with van der Waals surface area (Å²) in [5.41, 5.74) is 3.65. The molecule has 2 atom stereocenters. The number of carbonyl (C=O) groups excluding carboxylic acids is 1. The second kappa shape index (κ2) is 5.81. The third-order valence-corrected chi connectivity index (χ3v) is 4.88. The van der Waals surface area contributed by atoms with Crippen LogP contribution in [0.15, 0.2) is 84.9 Å². The number of carbonyl (C=O) groups is 1. The minimum atomic E-state index is -0.398. The summed E-state index contributed by atoms with van der Waals surface area (Å²) in [4.78, 5) is 15.0. The third kappa shape index (κ3) is 2.14. The van der Waals surface area contributed by atoms with E-state index in [0.29, 0.717) is 0 Å². The van der Waals surface area contributed by atoms with Crippen molar-refractivity contribution in [3.63, 3.8) is 0 Å². The zero-order valence-corrected chi connectivity index (χ0v) is 13.9. The molecule has 1 fully saturated rings. The van der Waals surface area contributed by atoms with Gasteiger partial charge in [0.05, 0.1) is 11.6 Å². The topological polar surface area (TPSA) is 51.0 Å². The Morgan fingerprint density at radius 2 is 1.38 bits per heavy atom. The van der Waals surface area contributed by atoms with Crippen LogP contribution in [0.2, 0.25) is 0 Å². The summed E-state index contributed by atoms with van der Waals surface area (Å²) in [6, 6.07) is 27.1. The van der Waals surface area contributed by atoms with E-state index < -0.39 is 6.04 Å². The van der Waals surface area contributed by atoms with Gasteiger partial charge in [-0.3, -0.25) is 4.79 Å². The van der Waals surface area contributed by atoms with Gasteiger partial charge in [0, 0.05) is 5.69 Å². The van der Waals surface area contributed by atoms with Crippen molar-refractivity contribution in [1.29, 1.82) is 0 Å². The van der Waals surface area contributed by atoms with E-state index in [-0.39, 0.29) is 11.9 Å². The molecule has 26 heavy (non-hydrogen) atoms.